The lowest BCUT2D eigenvalue weighted by atomic mass is 10.1. The number of carbonyl (C=O) groups excluding carboxylic acids is 2. The molecule has 0 fully saturated rings. The number of nitrogens with zero attached hydrogens (tertiary/aromatic N) is 4. The van der Waals surface area contributed by atoms with Gasteiger partial charge in [0, 0.05) is 18.1 Å². The molecule has 2 aromatic heterocycles. The largest absolute Gasteiger partial charge is 0.355 e. The third kappa shape index (κ3) is 6.13. The maximum absolute atomic E-state index is 12.4. The van der Waals surface area contributed by atoms with Crippen molar-refractivity contribution in [2.75, 3.05) is 42.6 Å². The number of aromatic amines is 1. The predicted molar refractivity (Wildman–Crippen MR) is 146 cm³/mol. The van der Waals surface area contributed by atoms with Crippen LogP contribution in [-0.2, 0) is 4.79 Å². The van der Waals surface area contributed by atoms with Crippen molar-refractivity contribution in [1.82, 2.24) is 30.4 Å². The lowest BCUT2D eigenvalue weighted by Gasteiger charge is -2.16. The molecule has 12 heteroatoms. The standard InChI is InChI=1S/C25H28ClN9O2/c1-4-35(5-2)14-21(36)31-22-16-11-10-15(12-20(16)33-34-22)29-25-28-13-18(26)23(32-25)30-19-9-7-6-8-17(19)24(37)27-3/h6-13H,4-5,14H2,1-3H3,(H,27,37)(H2,28,29,30,32)(H2,31,33,34,36). The van der Waals surface area contributed by atoms with E-state index in [0.717, 1.165) is 24.0 Å². The predicted octanol–water partition coefficient (Wildman–Crippen LogP) is 4.13. The molecule has 0 aliphatic rings. The van der Waals surface area contributed by atoms with Crippen LogP contribution in [0.25, 0.3) is 10.9 Å². The molecular weight excluding hydrogens is 494 g/mol. The molecule has 2 aromatic carbocycles. The van der Waals surface area contributed by atoms with Crippen LogP contribution < -0.4 is 21.3 Å². The third-order valence-electron chi connectivity index (χ3n) is 5.73. The van der Waals surface area contributed by atoms with Gasteiger partial charge in [-0.3, -0.25) is 19.6 Å². The monoisotopic (exact) mass is 521 g/mol. The highest BCUT2D eigenvalue weighted by Crippen LogP contribution is 2.28. The number of likely N-dealkylation sites (N-methyl/N-ethyl adjacent to an activating group) is 1. The maximum atomic E-state index is 12.4. The number of rotatable bonds is 10. The molecular formula is C25H28ClN9O2. The Labute approximate surface area is 219 Å². The van der Waals surface area contributed by atoms with Gasteiger partial charge in [0.1, 0.15) is 5.02 Å². The van der Waals surface area contributed by atoms with Crippen LogP contribution in [0, 0.1) is 0 Å². The molecule has 0 unspecified atom stereocenters. The first kappa shape index (κ1) is 25.9. The van der Waals surface area contributed by atoms with E-state index in [1.165, 1.54) is 6.20 Å². The number of hydrogen-bond acceptors (Lipinski definition) is 8. The Kier molecular flexibility index (Phi) is 8.16. The van der Waals surface area contributed by atoms with Gasteiger partial charge in [0.05, 0.1) is 29.5 Å². The van der Waals surface area contributed by atoms with E-state index in [0.29, 0.717) is 46.1 Å². The summed E-state index contributed by atoms with van der Waals surface area (Å²) in [6, 6.07) is 12.6. The maximum Gasteiger partial charge on any atom is 0.253 e. The van der Waals surface area contributed by atoms with Crippen LogP contribution in [0.3, 0.4) is 0 Å². The summed E-state index contributed by atoms with van der Waals surface area (Å²) in [6.07, 6.45) is 1.47. The van der Waals surface area contributed by atoms with E-state index in [9.17, 15) is 9.59 Å². The van der Waals surface area contributed by atoms with Gasteiger partial charge in [-0.15, -0.1) is 0 Å². The van der Waals surface area contributed by atoms with E-state index in [4.69, 9.17) is 11.6 Å². The molecule has 0 aliphatic heterocycles. The van der Waals surface area contributed by atoms with E-state index in [-0.39, 0.29) is 11.8 Å². The Morgan fingerprint density at radius 1 is 1.05 bits per heavy atom. The Hall–Kier alpha value is -4.22. The van der Waals surface area contributed by atoms with Crippen molar-refractivity contribution in [2.45, 2.75) is 13.8 Å². The Morgan fingerprint density at radius 3 is 2.59 bits per heavy atom. The molecule has 2 amide bonds. The van der Waals surface area contributed by atoms with Gasteiger partial charge < -0.3 is 21.3 Å². The SMILES string of the molecule is CCN(CC)CC(=O)Nc1n[nH]c2cc(Nc3ncc(Cl)c(Nc4ccccc4C(=O)NC)n3)ccc12. The van der Waals surface area contributed by atoms with Gasteiger partial charge in [0.25, 0.3) is 5.91 Å². The quantitative estimate of drug-likeness (QED) is 0.210. The molecule has 0 aliphatic carbocycles. The fourth-order valence-corrected chi connectivity index (χ4v) is 3.85. The summed E-state index contributed by atoms with van der Waals surface area (Å²) < 4.78 is 0. The van der Waals surface area contributed by atoms with E-state index >= 15 is 0 Å². The highest BCUT2D eigenvalue weighted by Gasteiger charge is 2.14. The molecule has 0 saturated carbocycles. The molecule has 4 rings (SSSR count). The number of nitrogens with one attached hydrogen (secondary N) is 5. The first-order chi connectivity index (χ1) is 17.9. The van der Waals surface area contributed by atoms with Gasteiger partial charge in [-0.25, -0.2) is 4.98 Å². The Balaban J connectivity index is 1.50. The van der Waals surface area contributed by atoms with E-state index in [2.05, 4.69) is 41.4 Å². The summed E-state index contributed by atoms with van der Waals surface area (Å²) >= 11 is 6.32. The average Bonchev–Trinajstić information content (AvgIpc) is 3.30. The average molecular weight is 522 g/mol. The van der Waals surface area contributed by atoms with Crippen molar-refractivity contribution in [3.63, 3.8) is 0 Å². The molecule has 37 heavy (non-hydrogen) atoms. The first-order valence-electron chi connectivity index (χ1n) is 11.8. The zero-order valence-electron chi connectivity index (χ0n) is 20.7. The summed E-state index contributed by atoms with van der Waals surface area (Å²) in [5.74, 6) is 0.769. The van der Waals surface area contributed by atoms with Crippen molar-refractivity contribution in [3.8, 4) is 0 Å². The van der Waals surface area contributed by atoms with Gasteiger partial charge in [0.15, 0.2) is 11.6 Å². The van der Waals surface area contributed by atoms with Crippen LogP contribution in [0.1, 0.15) is 24.2 Å². The second-order valence-corrected chi connectivity index (χ2v) is 8.51. The number of para-hydroxylation sites is 1. The number of anilines is 5. The lowest BCUT2D eigenvalue weighted by molar-refractivity contribution is -0.117. The Bertz CT molecular complexity index is 1420. The van der Waals surface area contributed by atoms with Crippen molar-refractivity contribution in [2.24, 2.45) is 0 Å². The molecule has 192 valence electrons. The Morgan fingerprint density at radius 2 is 1.84 bits per heavy atom. The number of carbonyl (C=O) groups is 2. The fraction of sp³-hybridized carbons (Fsp3) is 0.240. The second kappa shape index (κ2) is 11.7. The van der Waals surface area contributed by atoms with Crippen LogP contribution >= 0.6 is 11.6 Å². The number of benzene rings is 2. The molecule has 0 radical (unpaired) electrons. The number of halogens is 1. The van der Waals surface area contributed by atoms with E-state index in [1.54, 1.807) is 25.2 Å². The summed E-state index contributed by atoms with van der Waals surface area (Å²) in [6.45, 7) is 5.93. The van der Waals surface area contributed by atoms with Crippen LogP contribution in [0.4, 0.5) is 29.0 Å². The fourth-order valence-electron chi connectivity index (χ4n) is 3.71. The minimum atomic E-state index is -0.233. The zero-order chi connectivity index (χ0) is 26.4. The molecule has 5 N–H and O–H groups in total. The molecule has 0 spiro atoms. The van der Waals surface area contributed by atoms with Gasteiger partial charge in [-0.1, -0.05) is 37.6 Å². The smallest absolute Gasteiger partial charge is 0.253 e. The van der Waals surface area contributed by atoms with Gasteiger partial charge >= 0.3 is 0 Å². The van der Waals surface area contributed by atoms with Crippen LogP contribution in [0.5, 0.6) is 0 Å². The molecule has 0 bridgehead atoms. The number of hydrogen-bond donors (Lipinski definition) is 5. The highest BCUT2D eigenvalue weighted by atomic mass is 35.5. The molecule has 4 aromatic rings. The van der Waals surface area contributed by atoms with E-state index < -0.39 is 0 Å². The summed E-state index contributed by atoms with van der Waals surface area (Å²) in [5, 5.41) is 20.0. The van der Waals surface area contributed by atoms with Crippen molar-refractivity contribution in [3.05, 3.63) is 59.2 Å². The number of aromatic nitrogens is 4. The van der Waals surface area contributed by atoms with Crippen LogP contribution in [0.2, 0.25) is 5.02 Å². The number of amides is 2. The minimum absolute atomic E-state index is 0.119. The van der Waals surface area contributed by atoms with Gasteiger partial charge in [-0.05, 0) is 43.4 Å². The second-order valence-electron chi connectivity index (χ2n) is 8.11. The number of H-pyrrole nitrogens is 1. The third-order valence-corrected chi connectivity index (χ3v) is 6.01. The first-order valence-corrected chi connectivity index (χ1v) is 12.2. The van der Waals surface area contributed by atoms with Crippen molar-refractivity contribution < 1.29 is 9.59 Å². The molecule has 11 nitrogen and oxygen atoms in total. The van der Waals surface area contributed by atoms with Crippen LogP contribution in [0.15, 0.2) is 48.7 Å². The zero-order valence-corrected chi connectivity index (χ0v) is 21.5. The normalized spacial score (nSPS) is 10.9. The van der Waals surface area contributed by atoms with Crippen LogP contribution in [-0.4, -0.2) is 63.6 Å². The lowest BCUT2D eigenvalue weighted by Crippen LogP contribution is -2.33. The van der Waals surface area contributed by atoms with E-state index in [1.807, 2.05) is 43.0 Å². The van der Waals surface area contributed by atoms with Gasteiger partial charge in [0.2, 0.25) is 11.9 Å². The summed E-state index contributed by atoms with van der Waals surface area (Å²) in [5.41, 5.74) is 2.45. The molecule has 0 atom stereocenters. The highest BCUT2D eigenvalue weighted by molar-refractivity contribution is 6.33. The summed E-state index contributed by atoms with van der Waals surface area (Å²) in [7, 11) is 1.57. The minimum Gasteiger partial charge on any atom is -0.355 e. The number of fused-ring (bicyclic) bond motifs is 1. The van der Waals surface area contributed by atoms with Crippen molar-refractivity contribution in [1.29, 1.82) is 0 Å². The molecule has 2 heterocycles. The van der Waals surface area contributed by atoms with Crippen molar-refractivity contribution >= 4 is 63.3 Å². The van der Waals surface area contributed by atoms with Gasteiger partial charge in [-0.2, -0.15) is 10.1 Å². The molecule has 0 saturated heterocycles. The summed E-state index contributed by atoms with van der Waals surface area (Å²) in [4.78, 5) is 35.3. The topological polar surface area (TPSA) is 140 Å².